The van der Waals surface area contributed by atoms with E-state index in [9.17, 15) is 9.59 Å². The molecule has 3 heterocycles. The topological polar surface area (TPSA) is 62.3 Å². The highest BCUT2D eigenvalue weighted by molar-refractivity contribution is 7.10. The summed E-state index contributed by atoms with van der Waals surface area (Å²) < 4.78 is 0. The Morgan fingerprint density at radius 3 is 2.83 bits per heavy atom. The number of amides is 2. The molecule has 24 heavy (non-hydrogen) atoms. The fourth-order valence-electron chi connectivity index (χ4n) is 3.25. The lowest BCUT2D eigenvalue weighted by molar-refractivity contribution is -0.133. The molecule has 0 saturated carbocycles. The molecule has 6 heteroatoms. The molecular formula is C18H21N3O2S. The molecule has 2 atom stereocenters. The predicted octanol–water partition coefficient (Wildman–Crippen LogP) is 3.07. The molecule has 2 amide bonds. The lowest BCUT2D eigenvalue weighted by atomic mass is 10.1. The number of hydrogen-bond donors (Lipinski definition) is 1. The molecule has 1 aliphatic rings. The van der Waals surface area contributed by atoms with Gasteiger partial charge in [0.25, 0.3) is 0 Å². The molecule has 126 valence electrons. The largest absolute Gasteiger partial charge is 0.348 e. The van der Waals surface area contributed by atoms with Crippen LogP contribution in [0, 0.1) is 0 Å². The van der Waals surface area contributed by atoms with Gasteiger partial charge in [0.05, 0.1) is 18.5 Å². The molecule has 0 spiro atoms. The summed E-state index contributed by atoms with van der Waals surface area (Å²) in [5.74, 6) is -0.0326. The van der Waals surface area contributed by atoms with Crippen molar-refractivity contribution >= 4 is 23.2 Å². The summed E-state index contributed by atoms with van der Waals surface area (Å²) in [5.41, 5.74) is 1.13. The van der Waals surface area contributed by atoms with E-state index in [0.717, 1.165) is 29.8 Å². The van der Waals surface area contributed by atoms with Crippen molar-refractivity contribution in [1.82, 2.24) is 15.2 Å². The summed E-state index contributed by atoms with van der Waals surface area (Å²) in [6.45, 7) is 2.25. The Balaban J connectivity index is 1.73. The van der Waals surface area contributed by atoms with Crippen LogP contribution in [-0.2, 0) is 9.59 Å². The van der Waals surface area contributed by atoms with Gasteiger partial charge in [-0.05, 0) is 42.0 Å². The highest BCUT2D eigenvalue weighted by Crippen LogP contribution is 2.33. The van der Waals surface area contributed by atoms with Gasteiger partial charge >= 0.3 is 0 Å². The summed E-state index contributed by atoms with van der Waals surface area (Å²) in [6.07, 6.45) is 5.80. The van der Waals surface area contributed by atoms with Crippen LogP contribution in [0.3, 0.4) is 0 Å². The zero-order valence-corrected chi connectivity index (χ0v) is 14.5. The molecule has 2 aromatic rings. The fourth-order valence-corrected chi connectivity index (χ4v) is 4.02. The third kappa shape index (κ3) is 3.82. The van der Waals surface area contributed by atoms with E-state index in [4.69, 9.17) is 0 Å². The van der Waals surface area contributed by atoms with Crippen molar-refractivity contribution in [2.75, 3.05) is 6.54 Å². The molecule has 0 aromatic carbocycles. The number of thiophene rings is 1. The van der Waals surface area contributed by atoms with E-state index in [1.54, 1.807) is 23.7 Å². The minimum atomic E-state index is -0.256. The Kier molecular flexibility index (Phi) is 5.25. The van der Waals surface area contributed by atoms with Gasteiger partial charge < -0.3 is 10.2 Å². The molecule has 5 nitrogen and oxygen atoms in total. The number of nitrogens with zero attached hydrogens (tertiary/aromatic N) is 2. The lowest BCUT2D eigenvalue weighted by Gasteiger charge is -2.27. The van der Waals surface area contributed by atoms with E-state index in [1.165, 1.54) is 6.92 Å². The smallest absolute Gasteiger partial charge is 0.225 e. The number of aromatic nitrogens is 1. The fraction of sp³-hybridized carbons (Fsp3) is 0.389. The predicted molar refractivity (Wildman–Crippen MR) is 93.4 cm³/mol. The SMILES string of the molecule is CC(=O)N[C@H](CC(=O)N1CCC[C@@H]1c1ccncc1)c1cccs1. The maximum atomic E-state index is 12.9. The van der Waals surface area contributed by atoms with Gasteiger partial charge in [-0.15, -0.1) is 11.3 Å². The highest BCUT2D eigenvalue weighted by atomic mass is 32.1. The zero-order valence-electron chi connectivity index (χ0n) is 13.6. The molecular weight excluding hydrogens is 322 g/mol. The van der Waals surface area contributed by atoms with E-state index in [2.05, 4.69) is 10.3 Å². The number of carbonyl (C=O) groups excluding carboxylic acids is 2. The van der Waals surface area contributed by atoms with Crippen molar-refractivity contribution in [2.45, 2.75) is 38.3 Å². The van der Waals surface area contributed by atoms with Crippen LogP contribution in [0.2, 0.25) is 0 Å². The normalized spacial score (nSPS) is 18.4. The van der Waals surface area contributed by atoms with Gasteiger partial charge in [0.1, 0.15) is 0 Å². The van der Waals surface area contributed by atoms with E-state index in [1.807, 2.05) is 34.5 Å². The first kappa shape index (κ1) is 16.6. The quantitative estimate of drug-likeness (QED) is 0.907. The first-order valence-electron chi connectivity index (χ1n) is 8.15. The molecule has 0 unspecified atom stereocenters. The van der Waals surface area contributed by atoms with Crippen LogP contribution < -0.4 is 5.32 Å². The lowest BCUT2D eigenvalue weighted by Crippen LogP contribution is -2.35. The Hall–Kier alpha value is -2.21. The summed E-state index contributed by atoms with van der Waals surface area (Å²) in [5, 5.41) is 4.87. The number of nitrogens with one attached hydrogen (secondary N) is 1. The first-order valence-corrected chi connectivity index (χ1v) is 9.03. The van der Waals surface area contributed by atoms with Crippen molar-refractivity contribution in [2.24, 2.45) is 0 Å². The van der Waals surface area contributed by atoms with E-state index in [0.29, 0.717) is 6.42 Å². The standard InChI is InChI=1S/C18H21N3O2S/c1-13(22)20-15(17-5-3-11-24-17)12-18(23)21-10-2-4-16(21)14-6-8-19-9-7-14/h3,5-9,11,15-16H,2,4,10,12H2,1H3,(H,20,22)/t15-,16-/m1/s1. The van der Waals surface area contributed by atoms with E-state index in [-0.39, 0.29) is 23.9 Å². The molecule has 1 fully saturated rings. The second kappa shape index (κ2) is 7.57. The molecule has 3 rings (SSSR count). The summed E-state index contributed by atoms with van der Waals surface area (Å²) >= 11 is 1.56. The molecule has 0 radical (unpaired) electrons. The van der Waals surface area contributed by atoms with Crippen molar-refractivity contribution in [3.05, 3.63) is 52.5 Å². The van der Waals surface area contributed by atoms with Crippen LogP contribution >= 0.6 is 11.3 Å². The minimum Gasteiger partial charge on any atom is -0.348 e. The van der Waals surface area contributed by atoms with Gasteiger partial charge in [-0.25, -0.2) is 0 Å². The molecule has 0 bridgehead atoms. The van der Waals surface area contributed by atoms with Crippen LogP contribution in [0.4, 0.5) is 0 Å². The van der Waals surface area contributed by atoms with Crippen LogP contribution in [0.25, 0.3) is 0 Å². The van der Waals surface area contributed by atoms with Crippen molar-refractivity contribution in [3.8, 4) is 0 Å². The minimum absolute atomic E-state index is 0.0847. The third-order valence-electron chi connectivity index (χ3n) is 4.31. The average Bonchev–Trinajstić information content (AvgIpc) is 3.26. The van der Waals surface area contributed by atoms with Crippen molar-refractivity contribution in [1.29, 1.82) is 0 Å². The van der Waals surface area contributed by atoms with Crippen molar-refractivity contribution in [3.63, 3.8) is 0 Å². The van der Waals surface area contributed by atoms with Gasteiger partial charge in [0.15, 0.2) is 0 Å². The average molecular weight is 343 g/mol. The second-order valence-electron chi connectivity index (χ2n) is 6.00. The molecule has 1 N–H and O–H groups in total. The van der Waals surface area contributed by atoms with E-state index >= 15 is 0 Å². The van der Waals surface area contributed by atoms with Crippen LogP contribution in [0.1, 0.15) is 48.7 Å². The van der Waals surface area contributed by atoms with Crippen LogP contribution in [0.15, 0.2) is 42.0 Å². The Bertz CT molecular complexity index is 688. The maximum Gasteiger partial charge on any atom is 0.225 e. The summed E-state index contributed by atoms with van der Waals surface area (Å²) in [6, 6.07) is 7.70. The van der Waals surface area contributed by atoms with Crippen LogP contribution in [0.5, 0.6) is 0 Å². The number of likely N-dealkylation sites (tertiary alicyclic amines) is 1. The van der Waals surface area contributed by atoms with Gasteiger partial charge in [-0.2, -0.15) is 0 Å². The Labute approximate surface area is 145 Å². The molecule has 0 aliphatic carbocycles. The van der Waals surface area contributed by atoms with E-state index < -0.39 is 0 Å². The highest BCUT2D eigenvalue weighted by Gasteiger charge is 2.31. The maximum absolute atomic E-state index is 12.9. The summed E-state index contributed by atoms with van der Waals surface area (Å²) in [4.78, 5) is 31.4. The number of hydrogen-bond acceptors (Lipinski definition) is 4. The zero-order chi connectivity index (χ0) is 16.9. The Morgan fingerprint density at radius 1 is 1.38 bits per heavy atom. The monoisotopic (exact) mass is 343 g/mol. The second-order valence-corrected chi connectivity index (χ2v) is 6.98. The van der Waals surface area contributed by atoms with Gasteiger partial charge in [0, 0.05) is 30.7 Å². The summed E-state index contributed by atoms with van der Waals surface area (Å²) in [7, 11) is 0. The number of carbonyl (C=O) groups is 2. The van der Waals surface area contributed by atoms with Gasteiger partial charge in [0.2, 0.25) is 11.8 Å². The van der Waals surface area contributed by atoms with Gasteiger partial charge in [-0.1, -0.05) is 6.07 Å². The Morgan fingerprint density at radius 2 is 2.17 bits per heavy atom. The molecule has 1 saturated heterocycles. The number of rotatable bonds is 5. The van der Waals surface area contributed by atoms with Crippen molar-refractivity contribution < 1.29 is 9.59 Å². The molecule has 2 aromatic heterocycles. The number of pyridine rings is 1. The first-order chi connectivity index (χ1) is 11.6. The van der Waals surface area contributed by atoms with Gasteiger partial charge in [-0.3, -0.25) is 14.6 Å². The van der Waals surface area contributed by atoms with Crippen LogP contribution in [-0.4, -0.2) is 28.2 Å². The third-order valence-corrected chi connectivity index (χ3v) is 5.29. The molecule has 1 aliphatic heterocycles.